The van der Waals surface area contributed by atoms with E-state index in [1.54, 1.807) is 17.3 Å². The van der Waals surface area contributed by atoms with E-state index in [1.165, 1.54) is 13.3 Å². The maximum absolute atomic E-state index is 12.6. The summed E-state index contributed by atoms with van der Waals surface area (Å²) >= 11 is 0. The van der Waals surface area contributed by atoms with E-state index in [0.29, 0.717) is 12.6 Å². The summed E-state index contributed by atoms with van der Waals surface area (Å²) in [5, 5.41) is 0. The lowest BCUT2D eigenvalue weighted by Gasteiger charge is -2.36. The van der Waals surface area contributed by atoms with Crippen molar-refractivity contribution in [3.8, 4) is 0 Å². The lowest BCUT2D eigenvalue weighted by atomic mass is 10.00. The van der Waals surface area contributed by atoms with Gasteiger partial charge >= 0.3 is 0 Å². The van der Waals surface area contributed by atoms with Crippen LogP contribution in [-0.2, 0) is 16.1 Å². The first-order valence-corrected chi connectivity index (χ1v) is 8.05. The predicted octanol–water partition coefficient (Wildman–Crippen LogP) is 2.22. The number of aromatic nitrogens is 1. The number of carbonyl (C=O) groups is 2. The molecule has 0 spiro atoms. The molecule has 1 aliphatic rings. The molecule has 0 saturated carbocycles. The number of pyridine rings is 1. The molecule has 1 aromatic heterocycles. The molecule has 2 rings (SSSR count). The summed E-state index contributed by atoms with van der Waals surface area (Å²) in [5.41, 5.74) is 0.941. The highest BCUT2D eigenvalue weighted by Gasteiger charge is 2.27. The van der Waals surface area contributed by atoms with E-state index in [1.807, 2.05) is 17.0 Å². The van der Waals surface area contributed by atoms with Crippen LogP contribution >= 0.6 is 0 Å². The zero-order valence-corrected chi connectivity index (χ0v) is 13.5. The second-order valence-corrected chi connectivity index (χ2v) is 5.88. The Kier molecular flexibility index (Phi) is 5.92. The lowest BCUT2D eigenvalue weighted by molar-refractivity contribution is -0.142. The van der Waals surface area contributed by atoms with Crippen LogP contribution in [0.15, 0.2) is 24.5 Å². The Morgan fingerprint density at radius 2 is 2.23 bits per heavy atom. The average molecular weight is 303 g/mol. The monoisotopic (exact) mass is 303 g/mol. The molecule has 1 fully saturated rings. The molecule has 1 atom stereocenters. The zero-order chi connectivity index (χ0) is 15.9. The minimum atomic E-state index is -0.0812. The van der Waals surface area contributed by atoms with Crippen LogP contribution in [0, 0.1) is 0 Å². The Balaban J connectivity index is 2.01. The zero-order valence-electron chi connectivity index (χ0n) is 13.5. The third-order valence-electron chi connectivity index (χ3n) is 4.29. The van der Waals surface area contributed by atoms with E-state index in [9.17, 15) is 9.59 Å². The molecule has 0 radical (unpaired) electrons. The second kappa shape index (κ2) is 7.92. The molecule has 2 heterocycles. The van der Waals surface area contributed by atoms with Gasteiger partial charge in [0.1, 0.15) is 6.54 Å². The van der Waals surface area contributed by atoms with Crippen molar-refractivity contribution < 1.29 is 9.59 Å². The molecule has 1 saturated heterocycles. The van der Waals surface area contributed by atoms with Crippen molar-refractivity contribution in [2.75, 3.05) is 13.1 Å². The normalized spacial score (nSPS) is 18.1. The molecule has 1 aliphatic heterocycles. The highest BCUT2D eigenvalue weighted by atomic mass is 16.2. The van der Waals surface area contributed by atoms with Crippen molar-refractivity contribution in [1.82, 2.24) is 14.8 Å². The van der Waals surface area contributed by atoms with Crippen molar-refractivity contribution in [3.05, 3.63) is 30.1 Å². The van der Waals surface area contributed by atoms with E-state index >= 15 is 0 Å². The Morgan fingerprint density at radius 1 is 1.41 bits per heavy atom. The van der Waals surface area contributed by atoms with E-state index in [-0.39, 0.29) is 18.4 Å². The van der Waals surface area contributed by atoms with Crippen LogP contribution in [0.3, 0.4) is 0 Å². The van der Waals surface area contributed by atoms with Crippen molar-refractivity contribution in [1.29, 1.82) is 0 Å². The van der Waals surface area contributed by atoms with Crippen LogP contribution in [-0.4, -0.2) is 45.7 Å². The van der Waals surface area contributed by atoms with E-state index in [4.69, 9.17) is 0 Å². The first-order chi connectivity index (χ1) is 10.6. The summed E-state index contributed by atoms with van der Waals surface area (Å²) in [7, 11) is 0. The lowest BCUT2D eigenvalue weighted by Crippen LogP contribution is -2.48. The molecule has 22 heavy (non-hydrogen) atoms. The molecular weight excluding hydrogens is 278 g/mol. The highest BCUT2D eigenvalue weighted by molar-refractivity contribution is 5.84. The number of rotatable bonds is 5. The molecule has 2 amide bonds. The van der Waals surface area contributed by atoms with E-state index in [2.05, 4.69) is 11.9 Å². The minimum absolute atomic E-state index is 0.0608. The van der Waals surface area contributed by atoms with Crippen LogP contribution in [0.25, 0.3) is 0 Å². The van der Waals surface area contributed by atoms with Gasteiger partial charge in [0.15, 0.2) is 0 Å². The Hall–Kier alpha value is -1.91. The summed E-state index contributed by atoms with van der Waals surface area (Å²) in [6.45, 7) is 5.03. The third kappa shape index (κ3) is 4.29. The van der Waals surface area contributed by atoms with Gasteiger partial charge in [0, 0.05) is 38.4 Å². The summed E-state index contributed by atoms with van der Waals surface area (Å²) in [6, 6.07) is 4.09. The van der Waals surface area contributed by atoms with Crippen LogP contribution in [0.4, 0.5) is 0 Å². The number of carbonyl (C=O) groups excluding carboxylic acids is 2. The molecule has 1 unspecified atom stereocenters. The topological polar surface area (TPSA) is 53.5 Å². The fraction of sp³-hybridized carbons (Fsp3) is 0.588. The highest BCUT2D eigenvalue weighted by Crippen LogP contribution is 2.20. The largest absolute Gasteiger partial charge is 0.338 e. The second-order valence-electron chi connectivity index (χ2n) is 5.88. The van der Waals surface area contributed by atoms with Gasteiger partial charge in [-0.15, -0.1) is 0 Å². The smallest absolute Gasteiger partial charge is 0.242 e. The number of nitrogens with zero attached hydrogens (tertiary/aromatic N) is 3. The van der Waals surface area contributed by atoms with Crippen LogP contribution in [0.5, 0.6) is 0 Å². The molecule has 5 heteroatoms. The van der Waals surface area contributed by atoms with Crippen molar-refractivity contribution in [2.45, 2.75) is 52.1 Å². The van der Waals surface area contributed by atoms with Crippen molar-refractivity contribution in [3.63, 3.8) is 0 Å². The SMILES string of the molecule is CCC1CCCCN1C(=O)CN(Cc1cccnc1)C(C)=O. The van der Waals surface area contributed by atoms with Gasteiger partial charge in [-0.2, -0.15) is 0 Å². The number of amides is 2. The number of hydrogen-bond acceptors (Lipinski definition) is 3. The van der Waals surface area contributed by atoms with E-state index in [0.717, 1.165) is 31.4 Å². The van der Waals surface area contributed by atoms with Gasteiger partial charge in [-0.25, -0.2) is 0 Å². The van der Waals surface area contributed by atoms with Crippen LogP contribution in [0.1, 0.15) is 45.1 Å². The van der Waals surface area contributed by atoms with Gasteiger partial charge in [0.05, 0.1) is 0 Å². The molecule has 0 aliphatic carbocycles. The Labute approximate surface area is 132 Å². The molecular formula is C17H25N3O2. The predicted molar refractivity (Wildman–Crippen MR) is 85.0 cm³/mol. The van der Waals surface area contributed by atoms with Crippen molar-refractivity contribution >= 4 is 11.8 Å². The maximum atomic E-state index is 12.6. The van der Waals surface area contributed by atoms with Gasteiger partial charge in [-0.05, 0) is 37.3 Å². The summed E-state index contributed by atoms with van der Waals surface area (Å²) < 4.78 is 0. The van der Waals surface area contributed by atoms with Crippen LogP contribution in [0.2, 0.25) is 0 Å². The number of hydrogen-bond donors (Lipinski definition) is 0. The molecule has 1 aromatic rings. The number of likely N-dealkylation sites (tertiary alicyclic amines) is 1. The Morgan fingerprint density at radius 3 is 2.86 bits per heavy atom. The molecule has 5 nitrogen and oxygen atoms in total. The van der Waals surface area contributed by atoms with Gasteiger partial charge in [-0.3, -0.25) is 14.6 Å². The van der Waals surface area contributed by atoms with Gasteiger partial charge < -0.3 is 9.80 Å². The van der Waals surface area contributed by atoms with E-state index < -0.39 is 0 Å². The van der Waals surface area contributed by atoms with Crippen LogP contribution < -0.4 is 0 Å². The fourth-order valence-corrected chi connectivity index (χ4v) is 3.00. The molecule has 0 N–H and O–H groups in total. The third-order valence-corrected chi connectivity index (χ3v) is 4.29. The van der Waals surface area contributed by atoms with Gasteiger partial charge in [0.25, 0.3) is 0 Å². The molecule has 0 aromatic carbocycles. The van der Waals surface area contributed by atoms with Gasteiger partial charge in [-0.1, -0.05) is 13.0 Å². The first-order valence-electron chi connectivity index (χ1n) is 8.05. The molecule has 120 valence electrons. The quantitative estimate of drug-likeness (QED) is 0.838. The Bertz CT molecular complexity index is 504. The summed E-state index contributed by atoms with van der Waals surface area (Å²) in [6.07, 6.45) is 7.74. The maximum Gasteiger partial charge on any atom is 0.242 e. The van der Waals surface area contributed by atoms with Gasteiger partial charge in [0.2, 0.25) is 11.8 Å². The first kappa shape index (κ1) is 16.5. The standard InChI is InChI=1S/C17H25N3O2/c1-3-16-8-4-5-10-20(16)17(22)13-19(14(2)21)12-15-7-6-9-18-11-15/h6-7,9,11,16H,3-5,8,10,12-13H2,1-2H3. The summed E-state index contributed by atoms with van der Waals surface area (Å²) in [4.78, 5) is 32.1. The average Bonchev–Trinajstić information content (AvgIpc) is 2.55. The molecule has 0 bridgehead atoms. The minimum Gasteiger partial charge on any atom is -0.338 e. The van der Waals surface area contributed by atoms with Crippen molar-refractivity contribution in [2.24, 2.45) is 0 Å². The fourth-order valence-electron chi connectivity index (χ4n) is 3.00. The summed E-state index contributed by atoms with van der Waals surface area (Å²) in [5.74, 6) is -0.0205. The number of piperidine rings is 1.